The molecule has 0 fully saturated rings. The number of fused-ring (bicyclic) bond motifs is 5. The number of furan rings is 1. The van der Waals surface area contributed by atoms with E-state index in [1.54, 1.807) is 0 Å². The number of hydrogen-bond acceptors (Lipinski definition) is 4. The third-order valence-corrected chi connectivity index (χ3v) is 15.0. The van der Waals surface area contributed by atoms with Gasteiger partial charge in [0.25, 0.3) is 0 Å². The molecule has 368 valence electrons. The molecule has 13 aromatic carbocycles. The number of nitrogens with zero attached hydrogens (tertiary/aromatic N) is 3. The van der Waals surface area contributed by atoms with Crippen LogP contribution in [0.5, 0.6) is 0 Å². The van der Waals surface area contributed by atoms with Gasteiger partial charge in [-0.2, -0.15) is 0 Å². The SMILES string of the molecule is c1ccc(-c2ccc(-c3ccc(N(c4ccc(-c5cccc6c5oc5ccccc56)cc4)c4cc(N(c5ccccc5)c5cccc6ccccc56)cc(N(c5ccccc5)c5cccc6ccccc56)c4)cc3)cc2)cc1. The predicted octanol–water partition coefficient (Wildman–Crippen LogP) is 21.3. The lowest BCUT2D eigenvalue weighted by molar-refractivity contribution is 0.670. The van der Waals surface area contributed by atoms with Gasteiger partial charge in [0.05, 0.1) is 28.4 Å². The Morgan fingerprint density at radius 3 is 1.10 bits per heavy atom. The Bertz CT molecular complexity index is 4270. The summed E-state index contributed by atoms with van der Waals surface area (Å²) in [7, 11) is 0. The molecule has 0 unspecified atom stereocenters. The van der Waals surface area contributed by atoms with Crippen molar-refractivity contribution in [2.24, 2.45) is 0 Å². The Kier molecular flexibility index (Phi) is 11.8. The molecule has 0 saturated carbocycles. The van der Waals surface area contributed by atoms with Gasteiger partial charge < -0.3 is 19.1 Å². The Morgan fingerprint density at radius 1 is 0.218 bits per heavy atom. The molecular weight excluding hydrogens is 947 g/mol. The summed E-state index contributed by atoms with van der Waals surface area (Å²) in [5, 5.41) is 6.88. The zero-order valence-corrected chi connectivity index (χ0v) is 42.7. The van der Waals surface area contributed by atoms with Crippen molar-refractivity contribution >= 4 is 94.7 Å². The van der Waals surface area contributed by atoms with Gasteiger partial charge in [-0.1, -0.05) is 224 Å². The molecule has 1 aromatic heterocycles. The quantitative estimate of drug-likeness (QED) is 0.122. The average Bonchev–Trinajstić information content (AvgIpc) is 4.00. The monoisotopic (exact) mass is 997 g/mol. The zero-order chi connectivity index (χ0) is 51.8. The van der Waals surface area contributed by atoms with Gasteiger partial charge in [-0.15, -0.1) is 0 Å². The maximum Gasteiger partial charge on any atom is 0.143 e. The van der Waals surface area contributed by atoms with Crippen molar-refractivity contribution in [3.63, 3.8) is 0 Å². The third-order valence-electron chi connectivity index (χ3n) is 15.0. The molecule has 0 saturated heterocycles. The standard InChI is InChI=1S/C74H51N3O/c1-4-19-52(20-5-1)53-37-39-54(40-38-53)55-41-45-61(46-42-55)75(62-47-43-58(44-48-62)68-32-18-33-70-69-31-14-15-36-73(69)78-74(68)70)63-49-64(76(59-25-6-2-7-26-59)71-34-16-23-56-21-10-12-29-66(56)71)51-65(50-63)77(60-27-8-3-9-28-60)72-35-17-24-57-22-11-13-30-67(57)72/h1-51H. The van der Waals surface area contributed by atoms with Gasteiger partial charge in [0.2, 0.25) is 0 Å². The molecule has 0 aliphatic carbocycles. The number of anilines is 9. The summed E-state index contributed by atoms with van der Waals surface area (Å²) in [4.78, 5) is 7.23. The maximum absolute atomic E-state index is 6.58. The fraction of sp³-hybridized carbons (Fsp3) is 0. The van der Waals surface area contributed by atoms with E-state index in [9.17, 15) is 0 Å². The summed E-state index contributed by atoms with van der Waals surface area (Å²) in [6.07, 6.45) is 0. The van der Waals surface area contributed by atoms with Gasteiger partial charge >= 0.3 is 0 Å². The highest BCUT2D eigenvalue weighted by Crippen LogP contribution is 2.49. The van der Waals surface area contributed by atoms with E-state index in [0.717, 1.165) is 106 Å². The van der Waals surface area contributed by atoms with E-state index >= 15 is 0 Å². The van der Waals surface area contributed by atoms with Gasteiger partial charge in [0, 0.05) is 49.9 Å². The van der Waals surface area contributed by atoms with Gasteiger partial charge in [0.15, 0.2) is 0 Å². The molecule has 0 aliphatic rings. The molecule has 0 aliphatic heterocycles. The van der Waals surface area contributed by atoms with Crippen molar-refractivity contribution in [2.45, 2.75) is 0 Å². The predicted molar refractivity (Wildman–Crippen MR) is 329 cm³/mol. The summed E-state index contributed by atoms with van der Waals surface area (Å²) in [6, 6.07) is 111. The Labute approximate surface area is 454 Å². The van der Waals surface area contributed by atoms with Gasteiger partial charge in [-0.05, 0) is 124 Å². The third kappa shape index (κ3) is 8.58. The molecule has 14 aromatic rings. The fourth-order valence-electron chi connectivity index (χ4n) is 11.3. The highest BCUT2D eigenvalue weighted by Gasteiger charge is 2.24. The summed E-state index contributed by atoms with van der Waals surface area (Å²) in [5.41, 5.74) is 17.8. The van der Waals surface area contributed by atoms with Crippen molar-refractivity contribution in [1.29, 1.82) is 0 Å². The first-order chi connectivity index (χ1) is 38.7. The summed E-state index contributed by atoms with van der Waals surface area (Å²) in [5.74, 6) is 0. The van der Waals surface area contributed by atoms with Crippen LogP contribution in [0.4, 0.5) is 51.2 Å². The molecule has 0 bridgehead atoms. The van der Waals surface area contributed by atoms with Crippen molar-refractivity contribution in [3.8, 4) is 33.4 Å². The zero-order valence-electron chi connectivity index (χ0n) is 42.7. The Hall–Kier alpha value is -10.4. The lowest BCUT2D eigenvalue weighted by atomic mass is 9.99. The van der Waals surface area contributed by atoms with Crippen molar-refractivity contribution in [1.82, 2.24) is 0 Å². The first kappa shape index (κ1) is 46.1. The van der Waals surface area contributed by atoms with E-state index in [1.165, 1.54) is 21.9 Å². The fourth-order valence-corrected chi connectivity index (χ4v) is 11.3. The van der Waals surface area contributed by atoms with Crippen LogP contribution in [0, 0.1) is 0 Å². The molecule has 4 heteroatoms. The van der Waals surface area contributed by atoms with Crippen LogP contribution in [0.3, 0.4) is 0 Å². The van der Waals surface area contributed by atoms with Gasteiger partial charge in [-0.25, -0.2) is 0 Å². The molecular formula is C74H51N3O. The second-order valence-corrected chi connectivity index (χ2v) is 19.7. The molecule has 0 atom stereocenters. The molecule has 1 heterocycles. The smallest absolute Gasteiger partial charge is 0.143 e. The van der Waals surface area contributed by atoms with Crippen LogP contribution in [0.25, 0.3) is 76.9 Å². The topological polar surface area (TPSA) is 22.9 Å². The lowest BCUT2D eigenvalue weighted by Gasteiger charge is -2.33. The normalized spacial score (nSPS) is 11.3. The largest absolute Gasteiger partial charge is 0.455 e. The van der Waals surface area contributed by atoms with Crippen LogP contribution < -0.4 is 14.7 Å². The maximum atomic E-state index is 6.58. The minimum absolute atomic E-state index is 0.884. The number of rotatable bonds is 12. The van der Waals surface area contributed by atoms with Crippen molar-refractivity contribution in [2.75, 3.05) is 14.7 Å². The second-order valence-electron chi connectivity index (χ2n) is 19.7. The second kappa shape index (κ2) is 20.0. The van der Waals surface area contributed by atoms with Crippen LogP contribution in [0.2, 0.25) is 0 Å². The number of para-hydroxylation sites is 4. The van der Waals surface area contributed by atoms with E-state index < -0.39 is 0 Å². The van der Waals surface area contributed by atoms with E-state index in [0.29, 0.717) is 0 Å². The van der Waals surface area contributed by atoms with Crippen LogP contribution >= 0.6 is 0 Å². The van der Waals surface area contributed by atoms with E-state index in [4.69, 9.17) is 4.42 Å². The molecule has 14 rings (SSSR count). The van der Waals surface area contributed by atoms with Crippen LogP contribution in [-0.4, -0.2) is 0 Å². The summed E-state index contributed by atoms with van der Waals surface area (Å²) < 4.78 is 6.58. The number of hydrogen-bond donors (Lipinski definition) is 0. The molecule has 0 radical (unpaired) electrons. The van der Waals surface area contributed by atoms with E-state index in [-0.39, 0.29) is 0 Å². The summed E-state index contributed by atoms with van der Waals surface area (Å²) >= 11 is 0. The Morgan fingerprint density at radius 2 is 0.577 bits per heavy atom. The molecule has 78 heavy (non-hydrogen) atoms. The van der Waals surface area contributed by atoms with Crippen molar-refractivity contribution in [3.05, 3.63) is 309 Å². The summed E-state index contributed by atoms with van der Waals surface area (Å²) in [6.45, 7) is 0. The van der Waals surface area contributed by atoms with E-state index in [1.807, 2.05) is 12.1 Å². The highest BCUT2D eigenvalue weighted by atomic mass is 16.3. The molecule has 0 amide bonds. The Balaban J connectivity index is 0.998. The van der Waals surface area contributed by atoms with Crippen molar-refractivity contribution < 1.29 is 4.42 Å². The highest BCUT2D eigenvalue weighted by molar-refractivity contribution is 6.10. The minimum atomic E-state index is 0.884. The molecule has 0 N–H and O–H groups in total. The van der Waals surface area contributed by atoms with Crippen LogP contribution in [0.1, 0.15) is 0 Å². The average molecular weight is 998 g/mol. The van der Waals surface area contributed by atoms with Crippen LogP contribution in [-0.2, 0) is 0 Å². The first-order valence-corrected chi connectivity index (χ1v) is 26.6. The molecule has 4 nitrogen and oxygen atoms in total. The van der Waals surface area contributed by atoms with Gasteiger partial charge in [0.1, 0.15) is 11.2 Å². The van der Waals surface area contributed by atoms with Gasteiger partial charge in [-0.3, -0.25) is 0 Å². The lowest BCUT2D eigenvalue weighted by Crippen LogP contribution is -2.16. The van der Waals surface area contributed by atoms with Crippen LogP contribution in [0.15, 0.2) is 314 Å². The van der Waals surface area contributed by atoms with E-state index in [2.05, 4.69) is 312 Å². The minimum Gasteiger partial charge on any atom is -0.455 e. The first-order valence-electron chi connectivity index (χ1n) is 26.6. The molecule has 0 spiro atoms. The number of benzene rings is 13.